The maximum absolute atomic E-state index is 6.74. The summed E-state index contributed by atoms with van der Waals surface area (Å²) in [7, 11) is 2.18. The number of fused-ring (bicyclic) bond motifs is 4. The lowest BCUT2D eigenvalue weighted by Gasteiger charge is -2.51. The van der Waals surface area contributed by atoms with Crippen molar-refractivity contribution in [3.63, 3.8) is 0 Å². The molecule has 0 N–H and O–H groups in total. The first kappa shape index (κ1) is 17.1. The highest BCUT2D eigenvalue weighted by Gasteiger charge is 2.52. The summed E-state index contributed by atoms with van der Waals surface area (Å²) in [6, 6.07) is 10.8. The van der Waals surface area contributed by atoms with Gasteiger partial charge in [-0.2, -0.15) is 5.10 Å². The molecule has 1 fully saturated rings. The number of benzene rings is 1. The van der Waals surface area contributed by atoms with E-state index in [1.54, 1.807) is 11.3 Å². The Bertz CT molecular complexity index is 856. The summed E-state index contributed by atoms with van der Waals surface area (Å²) in [4.78, 5) is 3.63. The Kier molecular flexibility index (Phi) is 4.13. The highest BCUT2D eigenvalue weighted by Crippen LogP contribution is 2.52. The van der Waals surface area contributed by atoms with Crippen LogP contribution in [0.3, 0.4) is 0 Å². The maximum Gasteiger partial charge on any atom is 0.200 e. The van der Waals surface area contributed by atoms with E-state index in [2.05, 4.69) is 46.6 Å². The van der Waals surface area contributed by atoms with E-state index in [4.69, 9.17) is 14.6 Å². The fourth-order valence-corrected chi connectivity index (χ4v) is 5.15. The van der Waals surface area contributed by atoms with Crippen molar-refractivity contribution in [2.45, 2.75) is 38.0 Å². The molecule has 1 aromatic carbocycles. The van der Waals surface area contributed by atoms with E-state index < -0.39 is 0 Å². The second-order valence-electron chi connectivity index (χ2n) is 7.55. The van der Waals surface area contributed by atoms with Crippen molar-refractivity contribution in [1.29, 1.82) is 0 Å². The van der Waals surface area contributed by atoms with E-state index in [-0.39, 0.29) is 11.8 Å². The molecule has 1 atom stereocenters. The van der Waals surface area contributed by atoms with Gasteiger partial charge < -0.3 is 14.4 Å². The molecule has 1 saturated heterocycles. The minimum Gasteiger partial charge on any atom is -0.490 e. The van der Waals surface area contributed by atoms with Crippen LogP contribution in [0.1, 0.15) is 42.7 Å². The highest BCUT2D eigenvalue weighted by atomic mass is 32.1. The smallest absolute Gasteiger partial charge is 0.200 e. The van der Waals surface area contributed by atoms with Crippen molar-refractivity contribution in [2.24, 2.45) is 5.10 Å². The van der Waals surface area contributed by atoms with Gasteiger partial charge in [0.25, 0.3) is 0 Å². The Morgan fingerprint density at radius 1 is 1.26 bits per heavy atom. The standard InChI is InChI=1S/C21H25N3O2S/c1-3-25-18-7-4-6-15-17-14-16(19-8-5-13-27-19)22-24(17)21(26-20(15)18)9-11-23(2)12-10-21/h4-8,13,17H,3,9-12,14H2,1-2H3. The van der Waals surface area contributed by atoms with Crippen LogP contribution in [-0.4, -0.2) is 48.1 Å². The average Bonchev–Trinajstić information content (AvgIpc) is 3.35. The molecule has 2 aromatic rings. The van der Waals surface area contributed by atoms with Gasteiger partial charge in [0.1, 0.15) is 0 Å². The SMILES string of the molecule is CCOc1cccc2c1OC1(CCN(C)CC1)N1N=C(c3cccs3)CC21. The van der Waals surface area contributed by atoms with Gasteiger partial charge in [0, 0.05) is 37.9 Å². The number of piperidine rings is 1. The van der Waals surface area contributed by atoms with Crippen molar-refractivity contribution in [2.75, 3.05) is 26.7 Å². The summed E-state index contributed by atoms with van der Waals surface area (Å²) < 4.78 is 12.7. The summed E-state index contributed by atoms with van der Waals surface area (Å²) in [5.74, 6) is 1.78. The van der Waals surface area contributed by atoms with Crippen LogP contribution in [0.2, 0.25) is 0 Å². The van der Waals surface area contributed by atoms with E-state index in [0.29, 0.717) is 6.61 Å². The van der Waals surface area contributed by atoms with Gasteiger partial charge in [-0.15, -0.1) is 11.3 Å². The fraction of sp³-hybridized carbons (Fsp3) is 0.476. The van der Waals surface area contributed by atoms with Crippen LogP contribution in [0.5, 0.6) is 11.5 Å². The maximum atomic E-state index is 6.74. The third-order valence-electron chi connectivity index (χ3n) is 5.86. The van der Waals surface area contributed by atoms with Gasteiger partial charge in [-0.1, -0.05) is 18.2 Å². The van der Waals surface area contributed by atoms with Crippen molar-refractivity contribution in [3.8, 4) is 11.5 Å². The minimum atomic E-state index is -0.379. The number of nitrogens with zero attached hydrogens (tertiary/aromatic N) is 3. The van der Waals surface area contributed by atoms with Gasteiger partial charge in [0.15, 0.2) is 11.5 Å². The number of hydrogen-bond acceptors (Lipinski definition) is 6. The Hall–Kier alpha value is -2.05. The normalized spacial score (nSPS) is 23.6. The first-order valence-corrected chi connectivity index (χ1v) is 10.6. The predicted octanol–water partition coefficient (Wildman–Crippen LogP) is 4.11. The third-order valence-corrected chi connectivity index (χ3v) is 6.78. The highest BCUT2D eigenvalue weighted by molar-refractivity contribution is 7.12. The first-order chi connectivity index (χ1) is 13.2. The van der Waals surface area contributed by atoms with Gasteiger partial charge in [0.2, 0.25) is 5.72 Å². The Morgan fingerprint density at radius 2 is 2.11 bits per heavy atom. The molecule has 1 unspecified atom stereocenters. The zero-order valence-corrected chi connectivity index (χ0v) is 16.7. The lowest BCUT2D eigenvalue weighted by molar-refractivity contribution is -0.148. The Balaban J connectivity index is 1.60. The number of likely N-dealkylation sites (tertiary alicyclic amines) is 1. The predicted molar refractivity (Wildman–Crippen MR) is 108 cm³/mol. The topological polar surface area (TPSA) is 37.3 Å². The number of rotatable bonds is 3. The monoisotopic (exact) mass is 383 g/mol. The van der Waals surface area contributed by atoms with E-state index >= 15 is 0 Å². The van der Waals surface area contributed by atoms with Crippen LogP contribution in [-0.2, 0) is 0 Å². The second-order valence-corrected chi connectivity index (χ2v) is 8.50. The molecule has 0 saturated carbocycles. The van der Waals surface area contributed by atoms with Crippen LogP contribution in [0.15, 0.2) is 40.8 Å². The van der Waals surface area contributed by atoms with E-state index in [1.807, 2.05) is 13.0 Å². The quantitative estimate of drug-likeness (QED) is 0.799. The van der Waals surface area contributed by atoms with Crippen LogP contribution in [0, 0.1) is 0 Å². The Labute approximate surface area is 164 Å². The summed E-state index contributed by atoms with van der Waals surface area (Å²) in [5, 5.41) is 9.50. The average molecular weight is 384 g/mol. The molecule has 27 heavy (non-hydrogen) atoms. The molecule has 0 bridgehead atoms. The van der Waals surface area contributed by atoms with Gasteiger partial charge in [-0.05, 0) is 31.5 Å². The van der Waals surface area contributed by atoms with E-state index in [0.717, 1.165) is 43.9 Å². The molecule has 0 radical (unpaired) electrons. The number of ether oxygens (including phenoxy) is 2. The molecule has 5 rings (SSSR count). The second kappa shape index (κ2) is 6.53. The lowest BCUT2D eigenvalue weighted by Crippen LogP contribution is -2.58. The molecular weight excluding hydrogens is 358 g/mol. The van der Waals surface area contributed by atoms with Gasteiger partial charge >= 0.3 is 0 Å². The van der Waals surface area contributed by atoms with Crippen LogP contribution in [0.4, 0.5) is 0 Å². The molecular formula is C21H25N3O2S. The van der Waals surface area contributed by atoms with Crippen LogP contribution in [0.25, 0.3) is 0 Å². The minimum absolute atomic E-state index is 0.217. The Morgan fingerprint density at radius 3 is 2.85 bits per heavy atom. The molecule has 3 aliphatic rings. The molecule has 142 valence electrons. The summed E-state index contributed by atoms with van der Waals surface area (Å²) >= 11 is 1.76. The number of hydrogen-bond donors (Lipinski definition) is 0. The summed E-state index contributed by atoms with van der Waals surface area (Å²) in [6.07, 6.45) is 2.81. The van der Waals surface area contributed by atoms with Crippen LogP contribution < -0.4 is 9.47 Å². The summed E-state index contributed by atoms with van der Waals surface area (Å²) in [6.45, 7) is 4.69. The fourth-order valence-electron chi connectivity index (χ4n) is 4.43. The number of para-hydroxylation sites is 1. The number of thiophene rings is 1. The number of hydrazone groups is 1. The molecule has 4 heterocycles. The van der Waals surface area contributed by atoms with Crippen molar-refractivity contribution in [3.05, 3.63) is 46.2 Å². The molecule has 3 aliphatic heterocycles. The molecule has 0 amide bonds. The molecule has 1 spiro atoms. The van der Waals surface area contributed by atoms with Crippen molar-refractivity contribution < 1.29 is 9.47 Å². The summed E-state index contributed by atoms with van der Waals surface area (Å²) in [5.41, 5.74) is 1.99. The molecule has 5 nitrogen and oxygen atoms in total. The van der Waals surface area contributed by atoms with Crippen molar-refractivity contribution >= 4 is 17.0 Å². The first-order valence-electron chi connectivity index (χ1n) is 9.74. The largest absolute Gasteiger partial charge is 0.490 e. The van der Waals surface area contributed by atoms with Gasteiger partial charge in [0.05, 0.1) is 23.2 Å². The van der Waals surface area contributed by atoms with Crippen LogP contribution >= 0.6 is 11.3 Å². The van der Waals surface area contributed by atoms with E-state index in [9.17, 15) is 0 Å². The van der Waals surface area contributed by atoms with Gasteiger partial charge in [-0.3, -0.25) is 0 Å². The van der Waals surface area contributed by atoms with E-state index in [1.165, 1.54) is 16.2 Å². The zero-order chi connectivity index (χ0) is 18.4. The van der Waals surface area contributed by atoms with Crippen molar-refractivity contribution in [1.82, 2.24) is 9.91 Å². The van der Waals surface area contributed by atoms with Gasteiger partial charge in [-0.25, -0.2) is 5.01 Å². The zero-order valence-electron chi connectivity index (χ0n) is 15.9. The third kappa shape index (κ3) is 2.74. The molecule has 0 aliphatic carbocycles. The lowest BCUT2D eigenvalue weighted by atomic mass is 9.91. The molecule has 6 heteroatoms. The molecule has 1 aromatic heterocycles.